The van der Waals surface area contributed by atoms with Gasteiger partial charge in [-0.25, -0.2) is 0 Å². The van der Waals surface area contributed by atoms with Gasteiger partial charge in [0.15, 0.2) is 0 Å². The molecule has 0 aliphatic rings. The van der Waals surface area contributed by atoms with Gasteiger partial charge >= 0.3 is 0 Å². The summed E-state index contributed by atoms with van der Waals surface area (Å²) < 4.78 is 23.2. The van der Waals surface area contributed by atoms with Gasteiger partial charge < -0.3 is 0 Å². The van der Waals surface area contributed by atoms with Gasteiger partial charge in [-0.1, -0.05) is 54.5 Å². The molecule has 3 rings (SSSR count). The molecule has 20 heavy (non-hydrogen) atoms. The van der Waals surface area contributed by atoms with Crippen molar-refractivity contribution in [1.82, 2.24) is 0 Å². The minimum absolute atomic E-state index is 0.503. The monoisotopic (exact) mass is 280 g/mol. The minimum Gasteiger partial charge on any atom is -0.0620 e. The smallest absolute Gasteiger partial charge is 0.0620 e. The summed E-state index contributed by atoms with van der Waals surface area (Å²) in [7, 11) is -1.84. The number of benzene rings is 3. The second-order valence-electron chi connectivity index (χ2n) is 4.78. The summed E-state index contributed by atoms with van der Waals surface area (Å²) >= 11 is 0. The van der Waals surface area contributed by atoms with Crippen molar-refractivity contribution in [3.05, 3.63) is 90.9 Å². The summed E-state index contributed by atoms with van der Waals surface area (Å²) in [5, 5.41) is 3.59. The molecule has 0 atom stereocenters. The molecule has 0 heterocycles. The highest BCUT2D eigenvalue weighted by atomic mass is 31.2. The lowest BCUT2D eigenvalue weighted by atomic mass is 10.4. The summed E-state index contributed by atoms with van der Waals surface area (Å²) in [5.41, 5.74) is 0. The Kier molecular flexibility index (Phi) is 2.78. The van der Waals surface area contributed by atoms with Crippen LogP contribution in [-0.2, 0) is 0 Å². The Bertz CT molecular complexity index is 683. The number of hydrogen-bond acceptors (Lipinski definition) is 0. The molecule has 0 aliphatic carbocycles. The van der Waals surface area contributed by atoms with Crippen LogP contribution in [0.25, 0.3) is 0 Å². The highest BCUT2D eigenvalue weighted by Gasteiger charge is 2.39. The van der Waals surface area contributed by atoms with Crippen LogP contribution in [0.5, 0.6) is 0 Å². The van der Waals surface area contributed by atoms with Crippen molar-refractivity contribution in [1.29, 1.82) is 0 Å². The SMILES string of the molecule is [2H]c1ccc([P+](C)(c2ccc([2H])cc2)c2ccc([2H])cc2)cc1. The molecule has 0 aliphatic heterocycles. The van der Waals surface area contributed by atoms with Crippen molar-refractivity contribution in [3.63, 3.8) is 0 Å². The van der Waals surface area contributed by atoms with Crippen molar-refractivity contribution in [2.45, 2.75) is 0 Å². The van der Waals surface area contributed by atoms with Crippen molar-refractivity contribution >= 4 is 23.2 Å². The standard InChI is InChI=1S/C19H18P/c1-20(17-11-5-2-6-12-17,18-13-7-3-8-14-18)19-15-9-4-10-16-19/h2-16H,1H3/q+1/i2D,3D,4D. The van der Waals surface area contributed by atoms with Crippen LogP contribution in [0.3, 0.4) is 0 Å². The van der Waals surface area contributed by atoms with Crippen LogP contribution in [0, 0.1) is 0 Å². The zero-order chi connectivity index (χ0) is 16.4. The molecule has 0 fully saturated rings. The molecule has 0 nitrogen and oxygen atoms in total. The van der Waals surface area contributed by atoms with E-state index in [2.05, 4.69) is 6.66 Å². The molecular weight excluding hydrogens is 259 g/mol. The Morgan fingerprint density at radius 1 is 0.600 bits per heavy atom. The minimum atomic E-state index is -1.84. The summed E-state index contributed by atoms with van der Waals surface area (Å²) in [5.74, 6) is 0. The average molecular weight is 280 g/mol. The number of hydrogen-bond donors (Lipinski definition) is 0. The van der Waals surface area contributed by atoms with Crippen molar-refractivity contribution < 1.29 is 4.11 Å². The van der Waals surface area contributed by atoms with Crippen molar-refractivity contribution in [2.24, 2.45) is 0 Å². The second kappa shape index (κ2) is 5.61. The van der Waals surface area contributed by atoms with E-state index in [0.717, 1.165) is 0 Å². The largest absolute Gasteiger partial charge is 0.109 e. The van der Waals surface area contributed by atoms with Gasteiger partial charge in [-0.05, 0) is 36.4 Å². The van der Waals surface area contributed by atoms with Gasteiger partial charge in [0.2, 0.25) is 0 Å². The van der Waals surface area contributed by atoms with Crippen LogP contribution in [0.4, 0.5) is 0 Å². The van der Waals surface area contributed by atoms with E-state index in [-0.39, 0.29) is 0 Å². The summed E-state index contributed by atoms with van der Waals surface area (Å²) in [6, 6.07) is 24.6. The molecule has 0 radical (unpaired) electrons. The van der Waals surface area contributed by atoms with Crippen LogP contribution in [0.15, 0.2) is 90.9 Å². The lowest BCUT2D eigenvalue weighted by Crippen LogP contribution is -2.30. The molecular formula is C19H18P+. The summed E-state index contributed by atoms with van der Waals surface area (Å²) in [6.45, 7) is 2.25. The Morgan fingerprint density at radius 3 is 1.10 bits per heavy atom. The molecule has 0 bridgehead atoms. The van der Waals surface area contributed by atoms with Crippen LogP contribution in [0.2, 0.25) is 0 Å². The maximum Gasteiger partial charge on any atom is 0.109 e. The van der Waals surface area contributed by atoms with Gasteiger partial charge in [0, 0.05) is 0 Å². The highest BCUT2D eigenvalue weighted by Crippen LogP contribution is 2.51. The number of rotatable bonds is 3. The molecule has 0 unspecified atom stereocenters. The van der Waals surface area contributed by atoms with Crippen LogP contribution >= 0.6 is 7.26 Å². The highest BCUT2D eigenvalue weighted by molar-refractivity contribution is 7.95. The Hall–Kier alpha value is -1.91. The third-order valence-corrected chi connectivity index (χ3v) is 7.64. The molecule has 0 N–H and O–H groups in total. The fraction of sp³-hybridized carbons (Fsp3) is 0.0526. The molecule has 3 aromatic rings. The lowest BCUT2D eigenvalue weighted by Gasteiger charge is -2.22. The fourth-order valence-electron chi connectivity index (χ4n) is 2.48. The molecule has 3 aromatic carbocycles. The van der Waals surface area contributed by atoms with Crippen LogP contribution < -0.4 is 15.9 Å². The van der Waals surface area contributed by atoms with E-state index >= 15 is 0 Å². The average Bonchev–Trinajstić information content (AvgIpc) is 2.56. The Balaban J connectivity index is 2.21. The maximum absolute atomic E-state index is 7.72. The van der Waals surface area contributed by atoms with Gasteiger partial charge in [-0.3, -0.25) is 0 Å². The lowest BCUT2D eigenvalue weighted by molar-refractivity contribution is 1.72. The predicted molar refractivity (Wildman–Crippen MR) is 91.1 cm³/mol. The first kappa shape index (κ1) is 9.91. The third-order valence-electron chi connectivity index (χ3n) is 3.65. The first-order valence-electron chi connectivity index (χ1n) is 8.08. The Morgan fingerprint density at radius 2 is 0.850 bits per heavy atom. The van der Waals surface area contributed by atoms with E-state index in [1.807, 2.05) is 72.8 Å². The van der Waals surface area contributed by atoms with Gasteiger partial charge in [0.1, 0.15) is 23.2 Å². The zero-order valence-electron chi connectivity index (χ0n) is 14.4. The third kappa shape index (κ3) is 2.28. The fourth-order valence-corrected chi connectivity index (χ4v) is 5.61. The van der Waals surface area contributed by atoms with Gasteiger partial charge in [0.25, 0.3) is 0 Å². The topological polar surface area (TPSA) is 0 Å². The Labute approximate surface area is 125 Å². The van der Waals surface area contributed by atoms with Crippen LogP contribution in [-0.4, -0.2) is 6.66 Å². The molecule has 0 aromatic heterocycles. The van der Waals surface area contributed by atoms with Gasteiger partial charge in [-0.2, -0.15) is 0 Å². The quantitative estimate of drug-likeness (QED) is 0.643. The van der Waals surface area contributed by atoms with Crippen LogP contribution in [0.1, 0.15) is 4.11 Å². The summed E-state index contributed by atoms with van der Waals surface area (Å²) in [4.78, 5) is 0. The summed E-state index contributed by atoms with van der Waals surface area (Å²) in [6.07, 6.45) is 0. The zero-order valence-corrected chi connectivity index (χ0v) is 12.3. The van der Waals surface area contributed by atoms with E-state index in [1.165, 1.54) is 15.9 Å². The molecule has 1 heteroatoms. The van der Waals surface area contributed by atoms with E-state index < -0.39 is 7.26 Å². The van der Waals surface area contributed by atoms with E-state index in [4.69, 9.17) is 4.11 Å². The van der Waals surface area contributed by atoms with E-state index in [9.17, 15) is 0 Å². The van der Waals surface area contributed by atoms with Gasteiger partial charge in [-0.15, -0.1) is 0 Å². The van der Waals surface area contributed by atoms with Gasteiger partial charge in [0.05, 0.1) is 10.8 Å². The molecule has 0 saturated heterocycles. The first-order valence-corrected chi connectivity index (χ1v) is 8.82. The second-order valence-corrected chi connectivity index (χ2v) is 8.34. The van der Waals surface area contributed by atoms with E-state index in [1.54, 1.807) is 0 Å². The normalized spacial score (nSPS) is 13.3. The van der Waals surface area contributed by atoms with Crippen molar-refractivity contribution in [2.75, 3.05) is 6.66 Å². The molecule has 0 amide bonds. The molecule has 0 spiro atoms. The predicted octanol–water partition coefficient (Wildman–Crippen LogP) is 3.61. The molecule has 0 saturated carbocycles. The molecule has 98 valence electrons. The van der Waals surface area contributed by atoms with E-state index in [0.29, 0.717) is 18.1 Å². The van der Waals surface area contributed by atoms with Crippen molar-refractivity contribution in [3.8, 4) is 0 Å². The first-order chi connectivity index (χ1) is 11.0. The maximum atomic E-state index is 7.72.